The summed E-state index contributed by atoms with van der Waals surface area (Å²) in [6.07, 6.45) is 0. The molecular formula is C10H13ClN4S. The normalized spacial score (nSPS) is 19.9. The second-order valence-corrected chi connectivity index (χ2v) is 5.53. The average Bonchev–Trinajstić information content (AvgIpc) is 2.79. The molecule has 16 heavy (non-hydrogen) atoms. The summed E-state index contributed by atoms with van der Waals surface area (Å²) in [7, 11) is 0. The number of anilines is 1. The van der Waals surface area contributed by atoms with Gasteiger partial charge in [0.25, 0.3) is 0 Å². The fraction of sp³-hybridized carbons (Fsp3) is 0.600. The summed E-state index contributed by atoms with van der Waals surface area (Å²) in [5.41, 5.74) is 2.13. The van der Waals surface area contributed by atoms with E-state index in [1.165, 1.54) is 0 Å². The zero-order valence-corrected chi connectivity index (χ0v) is 10.4. The highest BCUT2D eigenvalue weighted by molar-refractivity contribution is 7.99. The number of rotatable bonds is 1. The first kappa shape index (κ1) is 10.6. The molecule has 1 fully saturated rings. The molecule has 4 nitrogen and oxygen atoms in total. The van der Waals surface area contributed by atoms with Crippen molar-refractivity contribution >= 4 is 29.3 Å². The van der Waals surface area contributed by atoms with Crippen molar-refractivity contribution in [3.63, 3.8) is 0 Å². The summed E-state index contributed by atoms with van der Waals surface area (Å²) >= 11 is 8.15. The number of aromatic nitrogens is 2. The van der Waals surface area contributed by atoms with Gasteiger partial charge in [-0.3, -0.25) is 0 Å². The van der Waals surface area contributed by atoms with Crippen LogP contribution in [0.1, 0.15) is 11.3 Å². The Kier molecular flexibility index (Phi) is 2.91. The lowest BCUT2D eigenvalue weighted by molar-refractivity contribution is 0.755. The molecule has 1 N–H and O–H groups in total. The molecule has 0 atom stereocenters. The van der Waals surface area contributed by atoms with E-state index in [1.807, 2.05) is 11.8 Å². The zero-order chi connectivity index (χ0) is 11.0. The van der Waals surface area contributed by atoms with Gasteiger partial charge in [-0.2, -0.15) is 11.8 Å². The van der Waals surface area contributed by atoms with Crippen LogP contribution in [0.5, 0.6) is 0 Å². The molecule has 86 valence electrons. The Balaban J connectivity index is 1.92. The first-order valence-electron chi connectivity index (χ1n) is 5.43. The van der Waals surface area contributed by atoms with E-state index < -0.39 is 0 Å². The molecule has 0 saturated carbocycles. The number of hydrogen-bond donors (Lipinski definition) is 1. The number of hydrogen-bond acceptors (Lipinski definition) is 5. The second-order valence-electron chi connectivity index (χ2n) is 3.94. The Morgan fingerprint density at radius 1 is 1.19 bits per heavy atom. The maximum atomic E-state index is 6.17. The van der Waals surface area contributed by atoms with Crippen LogP contribution >= 0.6 is 23.4 Å². The van der Waals surface area contributed by atoms with Gasteiger partial charge in [0.1, 0.15) is 5.15 Å². The van der Waals surface area contributed by atoms with Gasteiger partial charge in [0.15, 0.2) is 0 Å². The largest absolute Gasteiger partial charge is 0.339 e. The lowest BCUT2D eigenvalue weighted by Crippen LogP contribution is -2.34. The van der Waals surface area contributed by atoms with E-state index in [9.17, 15) is 0 Å². The fourth-order valence-corrected chi connectivity index (χ4v) is 3.17. The lowest BCUT2D eigenvalue weighted by Gasteiger charge is -2.26. The fourth-order valence-electron chi connectivity index (χ4n) is 2.02. The summed E-state index contributed by atoms with van der Waals surface area (Å²) in [6.45, 7) is 3.65. The highest BCUT2D eigenvalue weighted by Crippen LogP contribution is 2.25. The number of nitrogens with zero attached hydrogens (tertiary/aromatic N) is 3. The molecule has 1 aromatic rings. The summed E-state index contributed by atoms with van der Waals surface area (Å²) in [6, 6.07) is 0. The molecule has 6 heteroatoms. The third kappa shape index (κ3) is 1.87. The Morgan fingerprint density at radius 3 is 2.81 bits per heavy atom. The van der Waals surface area contributed by atoms with Crippen LogP contribution in [0.4, 0.5) is 5.95 Å². The third-order valence-corrected chi connectivity index (χ3v) is 4.17. The first-order chi connectivity index (χ1) is 7.84. The minimum atomic E-state index is 0.614. The van der Waals surface area contributed by atoms with E-state index in [-0.39, 0.29) is 0 Å². The maximum absolute atomic E-state index is 6.17. The SMILES string of the molecule is Clc1nc(N2CCSCC2)nc2c1CNC2. The predicted molar refractivity (Wildman–Crippen MR) is 67.1 cm³/mol. The first-order valence-corrected chi connectivity index (χ1v) is 6.96. The highest BCUT2D eigenvalue weighted by Gasteiger charge is 2.21. The van der Waals surface area contributed by atoms with Gasteiger partial charge < -0.3 is 10.2 Å². The van der Waals surface area contributed by atoms with Gasteiger partial charge in [0.2, 0.25) is 5.95 Å². The molecular weight excluding hydrogens is 244 g/mol. The van der Waals surface area contributed by atoms with Crippen LogP contribution < -0.4 is 10.2 Å². The summed E-state index contributed by atoms with van der Waals surface area (Å²) in [5.74, 6) is 3.10. The van der Waals surface area contributed by atoms with Gasteiger partial charge in [-0.05, 0) is 0 Å². The zero-order valence-electron chi connectivity index (χ0n) is 8.87. The summed E-state index contributed by atoms with van der Waals surface area (Å²) < 4.78 is 0. The molecule has 0 radical (unpaired) electrons. The van der Waals surface area contributed by atoms with Crippen molar-refractivity contribution in [2.75, 3.05) is 29.5 Å². The van der Waals surface area contributed by atoms with Crippen molar-refractivity contribution in [3.8, 4) is 0 Å². The van der Waals surface area contributed by atoms with Crippen LogP contribution in [0.2, 0.25) is 5.15 Å². The molecule has 2 aliphatic heterocycles. The van der Waals surface area contributed by atoms with Crippen LogP contribution in [0.25, 0.3) is 0 Å². The van der Waals surface area contributed by atoms with Crippen LogP contribution in [0.15, 0.2) is 0 Å². The maximum Gasteiger partial charge on any atom is 0.227 e. The van der Waals surface area contributed by atoms with Crippen molar-refractivity contribution in [3.05, 3.63) is 16.4 Å². The van der Waals surface area contributed by atoms with Crippen molar-refractivity contribution in [2.24, 2.45) is 0 Å². The van der Waals surface area contributed by atoms with Gasteiger partial charge >= 0.3 is 0 Å². The summed E-state index contributed by atoms with van der Waals surface area (Å²) in [4.78, 5) is 11.2. The molecule has 0 spiro atoms. The Labute approximate surface area is 104 Å². The minimum Gasteiger partial charge on any atom is -0.339 e. The van der Waals surface area contributed by atoms with Gasteiger partial charge in [-0.1, -0.05) is 11.6 Å². The van der Waals surface area contributed by atoms with Crippen molar-refractivity contribution < 1.29 is 0 Å². The van der Waals surface area contributed by atoms with Gasteiger partial charge in [-0.15, -0.1) is 0 Å². The van der Waals surface area contributed by atoms with E-state index in [1.54, 1.807) is 0 Å². The number of halogens is 1. The molecule has 3 rings (SSSR count). The molecule has 0 unspecified atom stereocenters. The van der Waals surface area contributed by atoms with Crippen molar-refractivity contribution in [1.29, 1.82) is 0 Å². The van der Waals surface area contributed by atoms with E-state index in [4.69, 9.17) is 11.6 Å². The number of thioether (sulfide) groups is 1. The molecule has 1 saturated heterocycles. The van der Waals surface area contributed by atoms with Gasteiger partial charge in [-0.25, -0.2) is 9.97 Å². The van der Waals surface area contributed by atoms with Crippen LogP contribution in [0.3, 0.4) is 0 Å². The van der Waals surface area contributed by atoms with E-state index >= 15 is 0 Å². The molecule has 2 aliphatic rings. The summed E-state index contributed by atoms with van der Waals surface area (Å²) in [5, 5.41) is 3.86. The smallest absolute Gasteiger partial charge is 0.227 e. The average molecular weight is 257 g/mol. The third-order valence-electron chi connectivity index (χ3n) is 2.92. The second kappa shape index (κ2) is 4.39. The quantitative estimate of drug-likeness (QED) is 0.767. The standard InChI is InChI=1S/C10H13ClN4S/c11-9-7-5-12-6-8(7)13-10(14-9)15-1-3-16-4-2-15/h12H,1-6H2. The van der Waals surface area contributed by atoms with Gasteiger partial charge in [0.05, 0.1) is 5.69 Å². The Bertz CT molecular complexity index is 406. The minimum absolute atomic E-state index is 0.614. The molecule has 0 amide bonds. The topological polar surface area (TPSA) is 41.1 Å². The van der Waals surface area contributed by atoms with Crippen LogP contribution in [-0.4, -0.2) is 34.6 Å². The highest BCUT2D eigenvalue weighted by atomic mass is 35.5. The lowest BCUT2D eigenvalue weighted by atomic mass is 10.3. The molecule has 3 heterocycles. The molecule has 0 aliphatic carbocycles. The monoisotopic (exact) mass is 256 g/mol. The van der Waals surface area contributed by atoms with Crippen molar-refractivity contribution in [2.45, 2.75) is 13.1 Å². The number of nitrogens with one attached hydrogen (secondary N) is 1. The predicted octanol–water partition coefficient (Wildman–Crippen LogP) is 1.29. The van der Waals surface area contributed by atoms with E-state index in [2.05, 4.69) is 20.2 Å². The molecule has 1 aromatic heterocycles. The molecule has 0 bridgehead atoms. The van der Waals surface area contributed by atoms with E-state index in [0.717, 1.165) is 54.9 Å². The van der Waals surface area contributed by atoms with Crippen LogP contribution in [-0.2, 0) is 13.1 Å². The Morgan fingerprint density at radius 2 is 2.00 bits per heavy atom. The van der Waals surface area contributed by atoms with Gasteiger partial charge in [0, 0.05) is 43.2 Å². The Hall–Kier alpha value is -0.520. The number of fused-ring (bicyclic) bond motifs is 1. The van der Waals surface area contributed by atoms with Crippen molar-refractivity contribution in [1.82, 2.24) is 15.3 Å². The molecule has 0 aromatic carbocycles. The van der Waals surface area contributed by atoms with Crippen LogP contribution in [0, 0.1) is 0 Å². The van der Waals surface area contributed by atoms with E-state index in [0.29, 0.717) is 5.15 Å².